The molecule has 0 aromatic heterocycles. The van der Waals surface area contributed by atoms with Crippen LogP contribution in [-0.2, 0) is 0 Å². The number of benzene rings is 2. The van der Waals surface area contributed by atoms with Gasteiger partial charge in [0.25, 0.3) is 0 Å². The van der Waals surface area contributed by atoms with Crippen molar-refractivity contribution >= 4 is 11.7 Å². The smallest absolute Gasteiger partial charge is 0.321 e. The van der Waals surface area contributed by atoms with E-state index in [-0.39, 0.29) is 11.8 Å². The molecule has 0 saturated heterocycles. The number of carbonyl (C=O) groups is 1. The van der Waals surface area contributed by atoms with E-state index in [0.29, 0.717) is 30.2 Å². The molecule has 2 rings (SSSR count). The van der Waals surface area contributed by atoms with Gasteiger partial charge in [-0.15, -0.1) is 0 Å². The van der Waals surface area contributed by atoms with Crippen molar-refractivity contribution in [2.45, 2.75) is 0 Å². The number of ether oxygens (including phenoxy) is 1. The van der Waals surface area contributed by atoms with Crippen molar-refractivity contribution in [3.8, 4) is 11.8 Å². The second kappa shape index (κ2) is 7.80. The first-order chi connectivity index (χ1) is 11.1. The highest BCUT2D eigenvalue weighted by molar-refractivity contribution is 5.89. The van der Waals surface area contributed by atoms with E-state index in [1.165, 1.54) is 29.2 Å². The van der Waals surface area contributed by atoms with E-state index >= 15 is 0 Å². The maximum Gasteiger partial charge on any atom is 0.321 e. The number of nitrogens with one attached hydrogen (secondary N) is 1. The quantitative estimate of drug-likeness (QED) is 0.921. The summed E-state index contributed by atoms with van der Waals surface area (Å²) in [7, 11) is 1.65. The number of nitrogens with zero attached hydrogens (tertiary/aromatic N) is 2. The summed E-state index contributed by atoms with van der Waals surface area (Å²) in [6.45, 7) is 0.669. The minimum atomic E-state index is -0.323. The van der Waals surface area contributed by atoms with Crippen molar-refractivity contribution in [3.63, 3.8) is 0 Å². The maximum absolute atomic E-state index is 12.8. The summed E-state index contributed by atoms with van der Waals surface area (Å²) in [6, 6.07) is 14.0. The van der Waals surface area contributed by atoms with E-state index in [9.17, 15) is 9.18 Å². The summed E-state index contributed by atoms with van der Waals surface area (Å²) in [6.07, 6.45) is 0. The van der Waals surface area contributed by atoms with Gasteiger partial charge < -0.3 is 15.0 Å². The third-order valence-corrected chi connectivity index (χ3v) is 3.12. The molecule has 0 radical (unpaired) electrons. The molecular formula is C17H16FN3O2. The molecule has 2 amide bonds. The highest BCUT2D eigenvalue weighted by atomic mass is 19.1. The van der Waals surface area contributed by atoms with Crippen molar-refractivity contribution in [3.05, 3.63) is 59.9 Å². The molecule has 0 fully saturated rings. The summed E-state index contributed by atoms with van der Waals surface area (Å²) in [5.41, 5.74) is 1.14. The van der Waals surface area contributed by atoms with Crippen molar-refractivity contribution in [1.82, 2.24) is 4.90 Å². The Morgan fingerprint density at radius 3 is 2.48 bits per heavy atom. The minimum Gasteiger partial charge on any atom is -0.492 e. The second-order valence-corrected chi connectivity index (χ2v) is 4.84. The van der Waals surface area contributed by atoms with Gasteiger partial charge in [-0.3, -0.25) is 0 Å². The van der Waals surface area contributed by atoms with E-state index in [4.69, 9.17) is 10.00 Å². The third kappa shape index (κ3) is 5.00. The molecule has 23 heavy (non-hydrogen) atoms. The molecule has 5 nitrogen and oxygen atoms in total. The minimum absolute atomic E-state index is 0.280. The first kappa shape index (κ1) is 16.3. The monoisotopic (exact) mass is 313 g/mol. The zero-order valence-electron chi connectivity index (χ0n) is 12.6. The van der Waals surface area contributed by atoms with Crippen LogP contribution in [0, 0.1) is 17.1 Å². The van der Waals surface area contributed by atoms with Gasteiger partial charge in [0.1, 0.15) is 18.2 Å². The van der Waals surface area contributed by atoms with Crippen LogP contribution in [0.1, 0.15) is 5.56 Å². The summed E-state index contributed by atoms with van der Waals surface area (Å²) in [5.74, 6) is 0.226. The molecule has 1 N–H and O–H groups in total. The largest absolute Gasteiger partial charge is 0.492 e. The van der Waals surface area contributed by atoms with Crippen LogP contribution in [0.5, 0.6) is 5.75 Å². The number of rotatable bonds is 5. The fourth-order valence-corrected chi connectivity index (χ4v) is 1.78. The van der Waals surface area contributed by atoms with Gasteiger partial charge in [0.15, 0.2) is 0 Å². The van der Waals surface area contributed by atoms with Crippen molar-refractivity contribution in [2.75, 3.05) is 25.5 Å². The fourth-order valence-electron chi connectivity index (χ4n) is 1.78. The summed E-state index contributed by atoms with van der Waals surface area (Å²) in [4.78, 5) is 13.5. The number of hydrogen-bond acceptors (Lipinski definition) is 3. The van der Waals surface area contributed by atoms with E-state index in [2.05, 4.69) is 5.32 Å². The van der Waals surface area contributed by atoms with Crippen molar-refractivity contribution in [2.24, 2.45) is 0 Å². The van der Waals surface area contributed by atoms with Crippen LogP contribution >= 0.6 is 0 Å². The van der Waals surface area contributed by atoms with Gasteiger partial charge in [0.05, 0.1) is 18.2 Å². The summed E-state index contributed by atoms with van der Waals surface area (Å²) >= 11 is 0. The van der Waals surface area contributed by atoms with Gasteiger partial charge in [-0.25, -0.2) is 9.18 Å². The number of likely N-dealkylation sites (N-methyl/N-ethyl adjacent to an activating group) is 1. The zero-order valence-corrected chi connectivity index (χ0v) is 12.6. The number of amides is 2. The molecule has 0 aliphatic heterocycles. The standard InChI is InChI=1S/C17H16FN3O2/c1-21(10-11-23-16-8-4-14(18)5-9-16)17(22)20-15-6-2-13(12-19)3-7-15/h2-9H,10-11H2,1H3,(H,20,22). The first-order valence-corrected chi connectivity index (χ1v) is 6.99. The Labute approximate surface area is 133 Å². The molecule has 0 aliphatic rings. The number of halogens is 1. The van der Waals surface area contributed by atoms with Crippen LogP contribution in [0.25, 0.3) is 0 Å². The first-order valence-electron chi connectivity index (χ1n) is 6.99. The molecule has 0 saturated carbocycles. The molecule has 2 aromatic rings. The Morgan fingerprint density at radius 2 is 1.87 bits per heavy atom. The molecule has 2 aromatic carbocycles. The van der Waals surface area contributed by atoms with Crippen molar-refractivity contribution < 1.29 is 13.9 Å². The molecule has 0 heterocycles. The molecule has 0 bridgehead atoms. The van der Waals surface area contributed by atoms with E-state index in [0.717, 1.165) is 0 Å². The lowest BCUT2D eigenvalue weighted by Gasteiger charge is -2.18. The number of anilines is 1. The van der Waals surface area contributed by atoms with Crippen molar-refractivity contribution in [1.29, 1.82) is 5.26 Å². The lowest BCUT2D eigenvalue weighted by atomic mass is 10.2. The van der Waals surface area contributed by atoms with Crippen LogP contribution in [0.4, 0.5) is 14.9 Å². The van der Waals surface area contributed by atoms with Gasteiger partial charge in [-0.2, -0.15) is 5.26 Å². The van der Waals surface area contributed by atoms with E-state index in [1.54, 1.807) is 31.3 Å². The number of hydrogen-bond donors (Lipinski definition) is 1. The Balaban J connectivity index is 1.78. The highest BCUT2D eigenvalue weighted by Gasteiger charge is 2.08. The summed E-state index contributed by atoms with van der Waals surface area (Å²) in [5, 5.41) is 11.4. The molecule has 0 unspecified atom stereocenters. The predicted molar refractivity (Wildman–Crippen MR) is 84.7 cm³/mol. The molecule has 118 valence electrons. The Hall–Kier alpha value is -3.07. The van der Waals surface area contributed by atoms with Crippen LogP contribution < -0.4 is 10.1 Å². The lowest BCUT2D eigenvalue weighted by molar-refractivity contribution is 0.207. The van der Waals surface area contributed by atoms with Crippen LogP contribution in [0.3, 0.4) is 0 Å². The Bertz CT molecular complexity index is 693. The van der Waals surface area contributed by atoms with Crippen LogP contribution in [0.2, 0.25) is 0 Å². The van der Waals surface area contributed by atoms with Crippen LogP contribution in [0.15, 0.2) is 48.5 Å². The zero-order chi connectivity index (χ0) is 16.7. The molecule has 0 atom stereocenters. The topological polar surface area (TPSA) is 65.4 Å². The summed E-state index contributed by atoms with van der Waals surface area (Å²) < 4.78 is 18.2. The number of carbonyl (C=O) groups excluding carboxylic acids is 1. The molecule has 6 heteroatoms. The van der Waals surface area contributed by atoms with E-state index in [1.807, 2.05) is 6.07 Å². The lowest BCUT2D eigenvalue weighted by Crippen LogP contribution is -2.34. The third-order valence-electron chi connectivity index (χ3n) is 3.12. The van der Waals surface area contributed by atoms with Gasteiger partial charge >= 0.3 is 6.03 Å². The second-order valence-electron chi connectivity index (χ2n) is 4.84. The number of urea groups is 1. The molecule has 0 spiro atoms. The number of nitriles is 1. The van der Waals surface area contributed by atoms with Gasteiger partial charge in [0.2, 0.25) is 0 Å². The SMILES string of the molecule is CN(CCOc1ccc(F)cc1)C(=O)Nc1ccc(C#N)cc1. The maximum atomic E-state index is 12.8. The molecule has 0 aliphatic carbocycles. The highest BCUT2D eigenvalue weighted by Crippen LogP contribution is 2.11. The Morgan fingerprint density at radius 1 is 1.22 bits per heavy atom. The van der Waals surface area contributed by atoms with Crippen LogP contribution in [-0.4, -0.2) is 31.1 Å². The van der Waals surface area contributed by atoms with Gasteiger partial charge in [-0.05, 0) is 48.5 Å². The Kier molecular flexibility index (Phi) is 5.53. The van der Waals surface area contributed by atoms with E-state index < -0.39 is 0 Å². The average Bonchev–Trinajstić information content (AvgIpc) is 2.57. The average molecular weight is 313 g/mol. The predicted octanol–water partition coefficient (Wildman–Crippen LogP) is 3.24. The van der Waals surface area contributed by atoms with Gasteiger partial charge in [-0.1, -0.05) is 0 Å². The normalized spacial score (nSPS) is 9.78. The molecular weight excluding hydrogens is 297 g/mol. The fraction of sp³-hybridized carbons (Fsp3) is 0.176. The van der Waals surface area contributed by atoms with Gasteiger partial charge in [0, 0.05) is 12.7 Å².